The SMILES string of the molecule is Cl.N=C(N)C1(Cl)C=CC(c2ccccc2)=CC1F. The van der Waals surface area contributed by atoms with Gasteiger partial charge in [0.1, 0.15) is 12.0 Å². The van der Waals surface area contributed by atoms with E-state index >= 15 is 0 Å². The first kappa shape index (κ1) is 14.7. The summed E-state index contributed by atoms with van der Waals surface area (Å²) in [5.41, 5.74) is 6.96. The maximum atomic E-state index is 13.9. The van der Waals surface area contributed by atoms with Gasteiger partial charge >= 0.3 is 0 Å². The van der Waals surface area contributed by atoms with Crippen LogP contribution in [0, 0.1) is 5.41 Å². The Hall–Kier alpha value is -1.32. The van der Waals surface area contributed by atoms with Crippen LogP contribution in [0.5, 0.6) is 0 Å². The van der Waals surface area contributed by atoms with Crippen molar-refractivity contribution in [2.24, 2.45) is 5.73 Å². The number of nitrogens with one attached hydrogen (secondary N) is 1. The second kappa shape index (κ2) is 5.55. The van der Waals surface area contributed by atoms with E-state index in [2.05, 4.69) is 0 Å². The fraction of sp³-hybridized carbons (Fsp3) is 0.154. The maximum Gasteiger partial charge on any atom is 0.154 e. The summed E-state index contributed by atoms with van der Waals surface area (Å²) in [5, 5.41) is 7.31. The molecule has 2 unspecified atom stereocenters. The Morgan fingerprint density at radius 1 is 1.33 bits per heavy atom. The lowest BCUT2D eigenvalue weighted by molar-refractivity contribution is 0.379. The maximum absolute atomic E-state index is 13.9. The zero-order chi connectivity index (χ0) is 12.5. The molecule has 0 radical (unpaired) electrons. The van der Waals surface area contributed by atoms with E-state index in [4.69, 9.17) is 22.7 Å². The van der Waals surface area contributed by atoms with Crippen LogP contribution in [0.25, 0.3) is 5.57 Å². The lowest BCUT2D eigenvalue weighted by atomic mass is 9.90. The summed E-state index contributed by atoms with van der Waals surface area (Å²) in [7, 11) is 0. The monoisotopic (exact) mass is 286 g/mol. The van der Waals surface area contributed by atoms with Crippen LogP contribution >= 0.6 is 24.0 Å². The van der Waals surface area contributed by atoms with Crippen molar-refractivity contribution in [3.63, 3.8) is 0 Å². The first-order valence-electron chi connectivity index (χ1n) is 5.18. The number of rotatable bonds is 2. The Kier molecular flexibility index (Phi) is 4.54. The van der Waals surface area contributed by atoms with Crippen molar-refractivity contribution in [1.82, 2.24) is 0 Å². The molecule has 0 saturated carbocycles. The van der Waals surface area contributed by atoms with Crippen molar-refractivity contribution in [3.8, 4) is 0 Å². The lowest BCUT2D eigenvalue weighted by Gasteiger charge is -2.27. The van der Waals surface area contributed by atoms with E-state index in [9.17, 15) is 4.39 Å². The number of hydrogen-bond donors (Lipinski definition) is 2. The zero-order valence-electron chi connectivity index (χ0n) is 9.44. The van der Waals surface area contributed by atoms with E-state index < -0.39 is 11.0 Å². The van der Waals surface area contributed by atoms with Crippen molar-refractivity contribution in [3.05, 3.63) is 54.1 Å². The molecular formula is C13H13Cl2FN2. The quantitative estimate of drug-likeness (QED) is 0.489. The van der Waals surface area contributed by atoms with Crippen molar-refractivity contribution in [1.29, 1.82) is 5.41 Å². The first-order valence-corrected chi connectivity index (χ1v) is 5.56. The molecule has 0 spiro atoms. The Bertz CT molecular complexity index is 499. The van der Waals surface area contributed by atoms with Gasteiger partial charge in [0.05, 0.1) is 0 Å². The molecular weight excluding hydrogens is 274 g/mol. The average molecular weight is 287 g/mol. The van der Waals surface area contributed by atoms with Gasteiger partial charge in [-0.05, 0) is 17.2 Å². The van der Waals surface area contributed by atoms with Gasteiger partial charge in [0.25, 0.3) is 0 Å². The van der Waals surface area contributed by atoms with Crippen molar-refractivity contribution < 1.29 is 4.39 Å². The van der Waals surface area contributed by atoms with Gasteiger partial charge in [0, 0.05) is 0 Å². The fourth-order valence-corrected chi connectivity index (χ4v) is 1.82. The predicted molar refractivity (Wildman–Crippen MR) is 76.2 cm³/mol. The fourth-order valence-electron chi connectivity index (χ4n) is 1.70. The molecule has 0 amide bonds. The Morgan fingerprint density at radius 2 is 1.94 bits per heavy atom. The molecule has 0 aromatic heterocycles. The van der Waals surface area contributed by atoms with Crippen LogP contribution in [0.3, 0.4) is 0 Å². The number of amidine groups is 1. The standard InChI is InChI=1S/C13H12ClFN2.ClH/c14-13(12(16)17)7-6-10(8-11(13)15)9-4-2-1-3-5-9;/h1-8,11H,(H3,16,17);1H. The van der Waals surface area contributed by atoms with Gasteiger partial charge < -0.3 is 5.73 Å². The molecule has 2 atom stereocenters. The van der Waals surface area contributed by atoms with E-state index in [-0.39, 0.29) is 18.2 Å². The lowest BCUT2D eigenvalue weighted by Crippen LogP contribution is -2.44. The molecule has 1 aromatic carbocycles. The van der Waals surface area contributed by atoms with Gasteiger partial charge in [-0.2, -0.15) is 0 Å². The van der Waals surface area contributed by atoms with Gasteiger partial charge in [-0.3, -0.25) is 5.41 Å². The number of alkyl halides is 2. The van der Waals surface area contributed by atoms with Crippen LogP contribution in [-0.2, 0) is 0 Å². The Labute approximate surface area is 116 Å². The van der Waals surface area contributed by atoms with Crippen molar-refractivity contribution >= 4 is 35.4 Å². The topological polar surface area (TPSA) is 49.9 Å². The minimum Gasteiger partial charge on any atom is -0.386 e. The van der Waals surface area contributed by atoms with Gasteiger partial charge in [-0.1, -0.05) is 42.5 Å². The molecule has 2 rings (SSSR count). The molecule has 18 heavy (non-hydrogen) atoms. The number of hydrogen-bond acceptors (Lipinski definition) is 1. The normalized spacial score (nSPS) is 26.1. The van der Waals surface area contributed by atoms with Gasteiger partial charge in [0.2, 0.25) is 0 Å². The Balaban J connectivity index is 0.00000162. The van der Waals surface area contributed by atoms with Crippen LogP contribution < -0.4 is 5.73 Å². The molecule has 3 N–H and O–H groups in total. The molecule has 5 heteroatoms. The molecule has 0 aliphatic heterocycles. The number of halogens is 3. The number of benzene rings is 1. The molecule has 0 saturated heterocycles. The third-order valence-corrected chi connectivity index (χ3v) is 3.29. The van der Waals surface area contributed by atoms with E-state index in [1.54, 1.807) is 6.08 Å². The summed E-state index contributed by atoms with van der Waals surface area (Å²) in [6.45, 7) is 0. The summed E-state index contributed by atoms with van der Waals surface area (Å²) in [4.78, 5) is -1.54. The molecule has 96 valence electrons. The van der Waals surface area contributed by atoms with E-state index in [1.807, 2.05) is 30.3 Å². The van der Waals surface area contributed by atoms with Crippen LogP contribution in [0.15, 0.2) is 48.6 Å². The van der Waals surface area contributed by atoms with Gasteiger partial charge in [-0.25, -0.2) is 4.39 Å². The molecule has 1 aliphatic rings. The highest BCUT2D eigenvalue weighted by Crippen LogP contribution is 2.33. The molecule has 0 bridgehead atoms. The number of nitrogens with two attached hydrogens (primary N) is 1. The highest BCUT2D eigenvalue weighted by molar-refractivity contribution is 6.37. The molecule has 1 aliphatic carbocycles. The average Bonchev–Trinajstić information content (AvgIpc) is 2.33. The molecule has 2 nitrogen and oxygen atoms in total. The van der Waals surface area contributed by atoms with Crippen LogP contribution in [0.1, 0.15) is 5.56 Å². The first-order chi connectivity index (χ1) is 8.04. The second-order valence-corrected chi connectivity index (χ2v) is 4.53. The van der Waals surface area contributed by atoms with Crippen molar-refractivity contribution in [2.75, 3.05) is 0 Å². The summed E-state index contributed by atoms with van der Waals surface area (Å²) in [6, 6.07) is 9.43. The third-order valence-electron chi connectivity index (χ3n) is 2.75. The summed E-state index contributed by atoms with van der Waals surface area (Å²) < 4.78 is 13.9. The largest absolute Gasteiger partial charge is 0.386 e. The summed E-state index contributed by atoms with van der Waals surface area (Å²) in [5.74, 6) is -0.383. The van der Waals surface area contributed by atoms with E-state index in [0.717, 1.165) is 11.1 Å². The highest BCUT2D eigenvalue weighted by Gasteiger charge is 2.39. The predicted octanol–water partition coefficient (Wildman–Crippen LogP) is 3.31. The summed E-state index contributed by atoms with van der Waals surface area (Å²) in [6.07, 6.45) is 3.02. The van der Waals surface area contributed by atoms with E-state index in [1.165, 1.54) is 12.2 Å². The van der Waals surface area contributed by atoms with E-state index in [0.29, 0.717) is 0 Å². The van der Waals surface area contributed by atoms with Gasteiger partial charge in [0.15, 0.2) is 4.87 Å². The van der Waals surface area contributed by atoms with Crippen LogP contribution in [0.4, 0.5) is 4.39 Å². The minimum atomic E-state index is -1.54. The second-order valence-electron chi connectivity index (χ2n) is 3.90. The third kappa shape index (κ3) is 2.57. The van der Waals surface area contributed by atoms with Gasteiger partial charge in [-0.15, -0.1) is 24.0 Å². The molecule has 0 fully saturated rings. The van der Waals surface area contributed by atoms with Crippen LogP contribution in [0.2, 0.25) is 0 Å². The van der Waals surface area contributed by atoms with Crippen molar-refractivity contribution in [2.45, 2.75) is 11.0 Å². The molecule has 1 aromatic rings. The highest BCUT2D eigenvalue weighted by atomic mass is 35.5. The van der Waals surface area contributed by atoms with Crippen LogP contribution in [-0.4, -0.2) is 16.9 Å². The smallest absolute Gasteiger partial charge is 0.154 e. The summed E-state index contributed by atoms with van der Waals surface area (Å²) >= 11 is 5.96. The Morgan fingerprint density at radius 3 is 2.44 bits per heavy atom. The number of allylic oxidation sites excluding steroid dienone is 3. The zero-order valence-corrected chi connectivity index (χ0v) is 11.0. The molecule has 0 heterocycles. The minimum absolute atomic E-state index is 0.